The van der Waals surface area contributed by atoms with Crippen LogP contribution >= 0.6 is 11.6 Å². The summed E-state index contributed by atoms with van der Waals surface area (Å²) in [4.78, 5) is 0. The van der Waals surface area contributed by atoms with Crippen molar-refractivity contribution >= 4 is 11.6 Å². The van der Waals surface area contributed by atoms with Crippen LogP contribution < -0.4 is 5.73 Å². The van der Waals surface area contributed by atoms with Gasteiger partial charge < -0.3 is 10.5 Å². The Morgan fingerprint density at radius 2 is 2.18 bits per heavy atom. The first-order valence-electron chi connectivity index (χ1n) is 5.43. The minimum Gasteiger partial charge on any atom is -0.370 e. The number of aromatic nitrogens is 2. The van der Waals surface area contributed by atoms with E-state index in [-0.39, 0.29) is 0 Å². The van der Waals surface area contributed by atoms with Crippen LogP contribution in [0.5, 0.6) is 0 Å². The lowest BCUT2D eigenvalue weighted by Gasteiger charge is -2.06. The van der Waals surface area contributed by atoms with Crippen molar-refractivity contribution in [3.8, 4) is 5.69 Å². The lowest BCUT2D eigenvalue weighted by atomic mass is 10.2. The van der Waals surface area contributed by atoms with Crippen molar-refractivity contribution in [1.29, 1.82) is 0 Å². The van der Waals surface area contributed by atoms with Gasteiger partial charge in [0.1, 0.15) is 0 Å². The smallest absolute Gasteiger partial charge is 0.0897 e. The molecule has 1 aromatic heterocycles. The Hall–Kier alpha value is -1.36. The first-order valence-corrected chi connectivity index (χ1v) is 5.81. The normalized spacial score (nSPS) is 14.0. The third kappa shape index (κ3) is 1.65. The van der Waals surface area contributed by atoms with E-state index in [4.69, 9.17) is 22.1 Å². The molecule has 0 fully saturated rings. The van der Waals surface area contributed by atoms with Crippen molar-refractivity contribution in [1.82, 2.24) is 9.78 Å². The molecule has 3 rings (SSSR count). The Kier molecular flexibility index (Phi) is 2.63. The van der Waals surface area contributed by atoms with E-state index in [9.17, 15) is 0 Å². The van der Waals surface area contributed by atoms with Crippen molar-refractivity contribution in [2.24, 2.45) is 5.73 Å². The van der Waals surface area contributed by atoms with Gasteiger partial charge in [0.15, 0.2) is 0 Å². The zero-order chi connectivity index (χ0) is 11.8. The van der Waals surface area contributed by atoms with Crippen molar-refractivity contribution in [3.63, 3.8) is 0 Å². The Bertz CT molecular complexity index is 565. The minimum atomic E-state index is 0.420. The van der Waals surface area contributed by atoms with Gasteiger partial charge in [0.05, 0.1) is 35.3 Å². The molecule has 2 heterocycles. The lowest BCUT2D eigenvalue weighted by molar-refractivity contribution is 0.130. The summed E-state index contributed by atoms with van der Waals surface area (Å²) >= 11 is 6.18. The number of halogens is 1. The van der Waals surface area contributed by atoms with E-state index in [1.165, 1.54) is 0 Å². The number of fused-ring (bicyclic) bond motifs is 1. The van der Waals surface area contributed by atoms with E-state index in [0.29, 0.717) is 24.8 Å². The summed E-state index contributed by atoms with van der Waals surface area (Å²) in [6.07, 6.45) is 0. The predicted molar refractivity (Wildman–Crippen MR) is 65.0 cm³/mol. The maximum atomic E-state index is 6.18. The van der Waals surface area contributed by atoms with Gasteiger partial charge in [-0.3, -0.25) is 0 Å². The number of hydrogen-bond donors (Lipinski definition) is 1. The van der Waals surface area contributed by atoms with Gasteiger partial charge in [-0.05, 0) is 12.1 Å². The molecule has 0 saturated carbocycles. The van der Waals surface area contributed by atoms with Gasteiger partial charge in [0.25, 0.3) is 0 Å². The summed E-state index contributed by atoms with van der Waals surface area (Å²) in [5, 5.41) is 5.18. The van der Waals surface area contributed by atoms with E-state index in [1.54, 1.807) is 0 Å². The fourth-order valence-corrected chi connectivity index (χ4v) is 2.30. The van der Waals surface area contributed by atoms with Crippen LogP contribution in [0.1, 0.15) is 17.0 Å². The molecule has 0 amide bonds. The van der Waals surface area contributed by atoms with E-state index in [1.807, 2.05) is 28.9 Å². The number of benzene rings is 1. The topological polar surface area (TPSA) is 53.1 Å². The molecule has 5 heteroatoms. The van der Waals surface area contributed by atoms with Crippen LogP contribution in [0, 0.1) is 0 Å². The average molecular weight is 250 g/mol. The summed E-state index contributed by atoms with van der Waals surface area (Å²) in [5.41, 5.74) is 9.60. The van der Waals surface area contributed by atoms with Crippen LogP contribution in [-0.2, 0) is 24.5 Å². The fourth-order valence-electron chi connectivity index (χ4n) is 2.09. The molecular weight excluding hydrogens is 238 g/mol. The first-order chi connectivity index (χ1) is 8.31. The molecule has 88 valence electrons. The van der Waals surface area contributed by atoms with Crippen LogP contribution in [0.25, 0.3) is 5.69 Å². The Balaban J connectivity index is 2.19. The van der Waals surface area contributed by atoms with Crippen LogP contribution in [0.4, 0.5) is 0 Å². The van der Waals surface area contributed by atoms with E-state index >= 15 is 0 Å². The Morgan fingerprint density at radius 1 is 1.35 bits per heavy atom. The van der Waals surface area contributed by atoms with Crippen molar-refractivity contribution in [2.75, 3.05) is 0 Å². The van der Waals surface area contributed by atoms with E-state index < -0.39 is 0 Å². The molecule has 2 aromatic rings. The van der Waals surface area contributed by atoms with E-state index in [2.05, 4.69) is 5.10 Å². The zero-order valence-electron chi connectivity index (χ0n) is 9.19. The molecule has 0 atom stereocenters. The summed E-state index contributed by atoms with van der Waals surface area (Å²) in [7, 11) is 0. The SMILES string of the molecule is NCc1nn(-c2ccccc2Cl)c2c1COC2. The highest BCUT2D eigenvalue weighted by molar-refractivity contribution is 6.32. The molecule has 1 aromatic carbocycles. The van der Waals surface area contributed by atoms with Crippen LogP contribution in [0.15, 0.2) is 24.3 Å². The van der Waals surface area contributed by atoms with Gasteiger partial charge in [-0.25, -0.2) is 4.68 Å². The molecule has 0 spiro atoms. The molecule has 2 N–H and O–H groups in total. The molecule has 0 aliphatic carbocycles. The number of ether oxygens (including phenoxy) is 1. The quantitative estimate of drug-likeness (QED) is 0.886. The highest BCUT2D eigenvalue weighted by Gasteiger charge is 2.23. The van der Waals surface area contributed by atoms with Crippen molar-refractivity contribution < 1.29 is 4.74 Å². The monoisotopic (exact) mass is 249 g/mol. The summed E-state index contributed by atoms with van der Waals surface area (Å²) in [6.45, 7) is 1.57. The van der Waals surface area contributed by atoms with Gasteiger partial charge in [-0.1, -0.05) is 23.7 Å². The fraction of sp³-hybridized carbons (Fsp3) is 0.250. The molecule has 17 heavy (non-hydrogen) atoms. The molecule has 0 unspecified atom stereocenters. The van der Waals surface area contributed by atoms with Crippen molar-refractivity contribution in [3.05, 3.63) is 46.2 Å². The van der Waals surface area contributed by atoms with Crippen LogP contribution in [0.3, 0.4) is 0 Å². The largest absolute Gasteiger partial charge is 0.370 e. The van der Waals surface area contributed by atoms with Crippen LogP contribution in [0.2, 0.25) is 5.02 Å². The third-order valence-corrected chi connectivity index (χ3v) is 3.25. The van der Waals surface area contributed by atoms with Crippen LogP contribution in [-0.4, -0.2) is 9.78 Å². The van der Waals surface area contributed by atoms with Gasteiger partial charge in [0.2, 0.25) is 0 Å². The first kappa shape index (κ1) is 10.8. The third-order valence-electron chi connectivity index (χ3n) is 2.93. The molecule has 4 nitrogen and oxygen atoms in total. The number of para-hydroxylation sites is 1. The van der Waals surface area contributed by atoms with Gasteiger partial charge in [-0.2, -0.15) is 5.10 Å². The maximum Gasteiger partial charge on any atom is 0.0897 e. The Morgan fingerprint density at radius 3 is 2.94 bits per heavy atom. The summed E-state index contributed by atoms with van der Waals surface area (Å²) < 4.78 is 7.28. The number of hydrogen-bond acceptors (Lipinski definition) is 3. The summed E-state index contributed by atoms with van der Waals surface area (Å²) in [6, 6.07) is 7.63. The van der Waals surface area contributed by atoms with Gasteiger partial charge in [-0.15, -0.1) is 0 Å². The maximum absolute atomic E-state index is 6.18. The lowest BCUT2D eigenvalue weighted by Crippen LogP contribution is -2.04. The number of nitrogens with two attached hydrogens (primary N) is 1. The zero-order valence-corrected chi connectivity index (χ0v) is 9.94. The second-order valence-electron chi connectivity index (χ2n) is 3.93. The molecule has 0 bridgehead atoms. The molecular formula is C12H12ClN3O. The van der Waals surface area contributed by atoms with Crippen molar-refractivity contribution in [2.45, 2.75) is 19.8 Å². The second kappa shape index (κ2) is 4.14. The average Bonchev–Trinajstić information content (AvgIpc) is 2.91. The molecule has 1 aliphatic heterocycles. The highest BCUT2D eigenvalue weighted by atomic mass is 35.5. The van der Waals surface area contributed by atoms with E-state index in [0.717, 1.165) is 22.6 Å². The molecule has 0 radical (unpaired) electrons. The number of rotatable bonds is 2. The number of nitrogens with zero attached hydrogens (tertiary/aromatic N) is 2. The Labute approximate surface area is 104 Å². The highest BCUT2D eigenvalue weighted by Crippen LogP contribution is 2.28. The minimum absolute atomic E-state index is 0.420. The van der Waals surface area contributed by atoms with Gasteiger partial charge >= 0.3 is 0 Å². The molecule has 1 aliphatic rings. The summed E-state index contributed by atoms with van der Waals surface area (Å²) in [5.74, 6) is 0. The predicted octanol–water partition coefficient (Wildman–Crippen LogP) is 2.01. The standard InChI is InChI=1S/C12H12ClN3O/c13-9-3-1-2-4-11(9)16-12-7-17-6-8(12)10(5-14)15-16/h1-4H,5-7,14H2. The second-order valence-corrected chi connectivity index (χ2v) is 4.34. The van der Waals surface area contributed by atoms with Gasteiger partial charge in [0, 0.05) is 12.1 Å². The molecule has 0 saturated heterocycles.